The maximum atomic E-state index is 13.8. The molecule has 3 rings (SSSR count). The molecule has 1 aromatic carbocycles. The van der Waals surface area contributed by atoms with Gasteiger partial charge in [-0.05, 0) is 46.6 Å². The van der Waals surface area contributed by atoms with Crippen LogP contribution in [0.5, 0.6) is 0 Å². The van der Waals surface area contributed by atoms with Crippen LogP contribution in [0.15, 0.2) is 86.9 Å². The van der Waals surface area contributed by atoms with Gasteiger partial charge in [-0.1, -0.05) is 43.3 Å². The van der Waals surface area contributed by atoms with E-state index in [-0.39, 0.29) is 50.5 Å². The first-order valence-corrected chi connectivity index (χ1v) is 13.0. The molecule has 1 atom stereocenters. The number of ether oxygens (including phenoxy) is 2. The molecule has 0 fully saturated rings. The fourth-order valence-corrected chi connectivity index (χ4v) is 4.07. The summed E-state index contributed by atoms with van der Waals surface area (Å²) in [6, 6.07) is 19.5. The summed E-state index contributed by atoms with van der Waals surface area (Å²) in [7, 11) is 0. The fourth-order valence-electron chi connectivity index (χ4n) is 4.07. The SMILES string of the molecule is CC1=C(C#N)/C(=C(\C)C#N)OC1(c1ccccc1)C(F)(F)F.CC1=C(C#N)C(=C(C#N)C#N)OC1(C)C.CCC=C(C#N)C#N. The van der Waals surface area contributed by atoms with Gasteiger partial charge in [0.2, 0.25) is 0 Å². The summed E-state index contributed by atoms with van der Waals surface area (Å²) in [5.41, 5.74) is -3.01. The van der Waals surface area contributed by atoms with Gasteiger partial charge in [0.25, 0.3) is 5.60 Å². The van der Waals surface area contributed by atoms with E-state index in [2.05, 4.69) is 0 Å². The van der Waals surface area contributed by atoms with Gasteiger partial charge in [-0.25, -0.2) is 0 Å². The lowest BCUT2D eigenvalue weighted by Gasteiger charge is -2.33. The highest BCUT2D eigenvalue weighted by atomic mass is 19.4. The molecule has 0 radical (unpaired) electrons. The number of nitriles is 7. The topological polar surface area (TPSA) is 185 Å². The van der Waals surface area contributed by atoms with E-state index in [1.807, 2.05) is 13.0 Å². The van der Waals surface area contributed by atoms with Crippen LogP contribution in [-0.2, 0) is 15.1 Å². The summed E-state index contributed by atoms with van der Waals surface area (Å²) in [5, 5.41) is 60.7. The summed E-state index contributed by atoms with van der Waals surface area (Å²) in [4.78, 5) is 0. The maximum Gasteiger partial charge on any atom is 0.436 e. The van der Waals surface area contributed by atoms with Crippen molar-refractivity contribution in [2.75, 3.05) is 0 Å². The van der Waals surface area contributed by atoms with Crippen LogP contribution >= 0.6 is 0 Å². The molecule has 1 unspecified atom stereocenters. The first-order valence-electron chi connectivity index (χ1n) is 13.0. The van der Waals surface area contributed by atoms with Gasteiger partial charge in [-0.2, -0.15) is 50.0 Å². The van der Waals surface area contributed by atoms with Gasteiger partial charge in [0.1, 0.15) is 47.6 Å². The molecule has 2 aliphatic heterocycles. The molecule has 0 N–H and O–H groups in total. The monoisotopic (exact) mass is 609 g/mol. The van der Waals surface area contributed by atoms with Gasteiger partial charge < -0.3 is 9.47 Å². The quantitative estimate of drug-likeness (QED) is 0.308. The third kappa shape index (κ3) is 7.58. The Hall–Kier alpha value is -6.26. The highest BCUT2D eigenvalue weighted by Crippen LogP contribution is 2.55. The molecular weight excluding hydrogens is 583 g/mol. The van der Waals surface area contributed by atoms with Crippen LogP contribution in [0.3, 0.4) is 0 Å². The molecule has 9 nitrogen and oxygen atoms in total. The van der Waals surface area contributed by atoms with E-state index in [1.54, 1.807) is 69.3 Å². The van der Waals surface area contributed by atoms with Crippen molar-refractivity contribution in [2.24, 2.45) is 0 Å². The molecule has 0 spiro atoms. The number of benzene rings is 1. The van der Waals surface area contributed by atoms with E-state index < -0.39 is 17.4 Å². The highest BCUT2D eigenvalue weighted by Gasteiger charge is 2.64. The molecule has 226 valence electrons. The summed E-state index contributed by atoms with van der Waals surface area (Å²) < 4.78 is 52.1. The lowest BCUT2D eigenvalue weighted by Crippen LogP contribution is -2.43. The smallest absolute Gasteiger partial charge is 0.436 e. The van der Waals surface area contributed by atoms with Crippen LogP contribution in [0.2, 0.25) is 0 Å². The lowest BCUT2D eigenvalue weighted by atomic mass is 9.85. The van der Waals surface area contributed by atoms with Crippen molar-refractivity contribution in [1.82, 2.24) is 0 Å². The van der Waals surface area contributed by atoms with E-state index in [0.717, 1.165) is 12.0 Å². The number of hydrogen-bond acceptors (Lipinski definition) is 9. The van der Waals surface area contributed by atoms with Crippen molar-refractivity contribution in [3.63, 3.8) is 0 Å². The standard InChI is InChI=1S/C16H11F3N2O.C11H9N3O.C6H6N2/c1-10(8-20)14-13(9-21)11(2)15(22-14,16(17,18)19)12-6-4-3-5-7-12;1-7-9(6-14)10(8(4-12)5-13)15-11(7,2)3;1-2-3-6(4-7)5-8/h3-7H,1-2H3;1-3H3;3H,2H2,1H3/b14-10-;;. The van der Waals surface area contributed by atoms with Crippen molar-refractivity contribution >= 4 is 0 Å². The minimum Gasteiger partial charge on any atom is -0.480 e. The molecule has 0 aliphatic carbocycles. The molecular formula is C33H26F3N7O2. The van der Waals surface area contributed by atoms with Gasteiger partial charge in [0, 0.05) is 11.1 Å². The Balaban J connectivity index is 0.000000380. The number of nitrogens with zero attached hydrogens (tertiary/aromatic N) is 7. The average molecular weight is 610 g/mol. The van der Waals surface area contributed by atoms with E-state index in [9.17, 15) is 18.4 Å². The van der Waals surface area contributed by atoms with Crippen LogP contribution < -0.4 is 0 Å². The lowest BCUT2D eigenvalue weighted by molar-refractivity contribution is -0.250. The predicted molar refractivity (Wildman–Crippen MR) is 153 cm³/mol. The Labute approximate surface area is 259 Å². The summed E-state index contributed by atoms with van der Waals surface area (Å²) in [6.45, 7) is 9.75. The zero-order chi connectivity index (χ0) is 34.6. The Morgan fingerprint density at radius 2 is 1.29 bits per heavy atom. The molecule has 0 bridgehead atoms. The third-order valence-corrected chi connectivity index (χ3v) is 6.66. The highest BCUT2D eigenvalue weighted by molar-refractivity contribution is 5.58. The van der Waals surface area contributed by atoms with Crippen LogP contribution in [0.4, 0.5) is 13.2 Å². The first kappa shape index (κ1) is 36.8. The molecule has 0 aromatic heterocycles. The minimum absolute atomic E-state index is 0.0713. The zero-order valence-electron chi connectivity index (χ0n) is 25.3. The molecule has 0 saturated carbocycles. The second-order valence-electron chi connectivity index (χ2n) is 9.73. The van der Waals surface area contributed by atoms with Crippen molar-refractivity contribution < 1.29 is 22.6 Å². The van der Waals surface area contributed by atoms with E-state index in [4.69, 9.17) is 41.0 Å². The van der Waals surface area contributed by atoms with Crippen LogP contribution in [0, 0.1) is 79.3 Å². The predicted octanol–water partition coefficient (Wildman–Crippen LogP) is 7.42. The van der Waals surface area contributed by atoms with E-state index in [1.165, 1.54) is 38.1 Å². The van der Waals surface area contributed by atoms with Crippen molar-refractivity contribution in [2.45, 2.75) is 65.3 Å². The summed E-state index contributed by atoms with van der Waals surface area (Å²) in [5.74, 6) is -0.214. The normalized spacial score (nSPS) is 18.5. The zero-order valence-corrected chi connectivity index (χ0v) is 25.3. The largest absolute Gasteiger partial charge is 0.480 e. The Morgan fingerprint density at radius 1 is 0.778 bits per heavy atom. The Morgan fingerprint density at radius 3 is 1.67 bits per heavy atom. The molecule has 2 heterocycles. The van der Waals surface area contributed by atoms with Crippen LogP contribution in [0.25, 0.3) is 0 Å². The van der Waals surface area contributed by atoms with Gasteiger partial charge in [0.15, 0.2) is 17.1 Å². The van der Waals surface area contributed by atoms with Crippen molar-refractivity contribution in [3.8, 4) is 42.5 Å². The Bertz CT molecular complexity index is 1770. The molecule has 1 aromatic rings. The van der Waals surface area contributed by atoms with Gasteiger partial charge in [-0.3, -0.25) is 0 Å². The number of rotatable bonds is 2. The third-order valence-electron chi connectivity index (χ3n) is 6.66. The molecule has 45 heavy (non-hydrogen) atoms. The molecule has 2 aliphatic rings. The number of alkyl halides is 3. The maximum absolute atomic E-state index is 13.8. The molecule has 0 amide bonds. The molecule has 0 saturated heterocycles. The minimum atomic E-state index is -4.78. The second kappa shape index (κ2) is 15.3. The van der Waals surface area contributed by atoms with Crippen LogP contribution in [0.1, 0.15) is 53.5 Å². The number of halogens is 3. The Kier molecular flexibility index (Phi) is 12.5. The van der Waals surface area contributed by atoms with E-state index >= 15 is 0 Å². The van der Waals surface area contributed by atoms with Gasteiger partial charge >= 0.3 is 6.18 Å². The number of hydrogen-bond donors (Lipinski definition) is 0. The molecule has 12 heteroatoms. The van der Waals surface area contributed by atoms with Crippen LogP contribution in [-0.4, -0.2) is 11.8 Å². The summed E-state index contributed by atoms with van der Waals surface area (Å²) in [6.07, 6.45) is -2.44. The first-order chi connectivity index (χ1) is 21.1. The van der Waals surface area contributed by atoms with Crippen molar-refractivity contribution in [1.29, 1.82) is 36.8 Å². The summed E-state index contributed by atoms with van der Waals surface area (Å²) >= 11 is 0. The fraction of sp³-hybridized carbons (Fsp3) is 0.303. The van der Waals surface area contributed by atoms with E-state index in [0.29, 0.717) is 0 Å². The average Bonchev–Trinajstić information content (AvgIpc) is 3.46. The van der Waals surface area contributed by atoms with Gasteiger partial charge in [-0.15, -0.1) is 0 Å². The van der Waals surface area contributed by atoms with Gasteiger partial charge in [0.05, 0.1) is 22.8 Å². The second-order valence-corrected chi connectivity index (χ2v) is 9.73. The van der Waals surface area contributed by atoms with Crippen molar-refractivity contribution in [3.05, 3.63) is 92.5 Å². The number of allylic oxidation sites excluding steroid dienone is 6.